The lowest BCUT2D eigenvalue weighted by Gasteiger charge is -2.38. The first-order chi connectivity index (χ1) is 8.54. The molecule has 0 aromatic rings. The summed E-state index contributed by atoms with van der Waals surface area (Å²) in [5.41, 5.74) is 0.0132. The van der Waals surface area contributed by atoms with Gasteiger partial charge in [0.1, 0.15) is 0 Å². The summed E-state index contributed by atoms with van der Waals surface area (Å²) in [7, 11) is 1.82. The minimum Gasteiger partial charge on any atom is -0.379 e. The highest BCUT2D eigenvalue weighted by Gasteiger charge is 2.35. The lowest BCUT2D eigenvalue weighted by atomic mass is 9.96. The Balaban J connectivity index is 1.85. The van der Waals surface area contributed by atoms with Crippen molar-refractivity contribution in [1.29, 1.82) is 0 Å². The van der Waals surface area contributed by atoms with Crippen LogP contribution in [0.4, 0.5) is 0 Å². The average molecular weight is 254 g/mol. The highest BCUT2D eigenvalue weighted by Crippen LogP contribution is 2.30. The SMILES string of the molecule is CCN(CCC(C)(C)OC)C1CC2CCC(C1)N2. The van der Waals surface area contributed by atoms with E-state index in [1.165, 1.54) is 38.8 Å². The maximum atomic E-state index is 5.54. The molecule has 1 N–H and O–H groups in total. The second kappa shape index (κ2) is 5.89. The van der Waals surface area contributed by atoms with Gasteiger partial charge in [0.05, 0.1) is 5.60 Å². The number of rotatable bonds is 6. The third-order valence-corrected chi connectivity index (χ3v) is 4.92. The fourth-order valence-corrected chi connectivity index (χ4v) is 3.44. The van der Waals surface area contributed by atoms with Crippen LogP contribution in [0.15, 0.2) is 0 Å². The Labute approximate surface area is 112 Å². The third-order valence-electron chi connectivity index (χ3n) is 4.92. The Hall–Kier alpha value is -0.120. The molecule has 0 aliphatic carbocycles. The molecule has 3 heteroatoms. The van der Waals surface area contributed by atoms with Crippen molar-refractivity contribution in [2.75, 3.05) is 20.2 Å². The largest absolute Gasteiger partial charge is 0.379 e. The van der Waals surface area contributed by atoms with Gasteiger partial charge in [-0.2, -0.15) is 0 Å². The number of nitrogens with zero attached hydrogens (tertiary/aromatic N) is 1. The van der Waals surface area contributed by atoms with Crippen molar-refractivity contribution in [3.05, 3.63) is 0 Å². The number of piperidine rings is 1. The van der Waals surface area contributed by atoms with E-state index >= 15 is 0 Å². The summed E-state index contributed by atoms with van der Waals surface area (Å²) in [4.78, 5) is 2.67. The van der Waals surface area contributed by atoms with Gasteiger partial charge in [0.2, 0.25) is 0 Å². The zero-order valence-electron chi connectivity index (χ0n) is 12.5. The van der Waals surface area contributed by atoms with Crippen LogP contribution in [0.1, 0.15) is 52.9 Å². The van der Waals surface area contributed by atoms with Crippen molar-refractivity contribution >= 4 is 0 Å². The summed E-state index contributed by atoms with van der Waals surface area (Å²) in [5.74, 6) is 0. The van der Waals surface area contributed by atoms with Crippen LogP contribution >= 0.6 is 0 Å². The standard InChI is InChI=1S/C15H30N2O/c1-5-17(9-8-15(2,3)18-4)14-10-12-6-7-13(11-14)16-12/h12-14,16H,5-11H2,1-4H3. The van der Waals surface area contributed by atoms with Crippen molar-refractivity contribution < 1.29 is 4.74 Å². The molecule has 2 heterocycles. The number of hydrogen-bond acceptors (Lipinski definition) is 3. The summed E-state index contributed by atoms with van der Waals surface area (Å²) in [6.45, 7) is 9.01. The lowest BCUT2D eigenvalue weighted by molar-refractivity contribution is 0.00212. The van der Waals surface area contributed by atoms with Gasteiger partial charge in [0.15, 0.2) is 0 Å². The molecular formula is C15H30N2O. The summed E-state index contributed by atoms with van der Waals surface area (Å²) in [6, 6.07) is 2.37. The van der Waals surface area contributed by atoms with Gasteiger partial charge in [-0.25, -0.2) is 0 Å². The molecule has 2 aliphatic rings. The van der Waals surface area contributed by atoms with Crippen LogP contribution in [0.3, 0.4) is 0 Å². The summed E-state index contributed by atoms with van der Waals surface area (Å²) in [6.07, 6.45) is 6.59. The molecule has 0 radical (unpaired) electrons. The van der Waals surface area contributed by atoms with E-state index in [-0.39, 0.29) is 5.60 Å². The fraction of sp³-hybridized carbons (Fsp3) is 1.00. The monoisotopic (exact) mass is 254 g/mol. The molecule has 106 valence electrons. The van der Waals surface area contributed by atoms with Crippen molar-refractivity contribution in [2.24, 2.45) is 0 Å². The molecule has 0 spiro atoms. The van der Waals surface area contributed by atoms with E-state index in [1.54, 1.807) is 0 Å². The molecule has 2 bridgehead atoms. The van der Waals surface area contributed by atoms with E-state index in [1.807, 2.05) is 7.11 Å². The fourth-order valence-electron chi connectivity index (χ4n) is 3.44. The minimum absolute atomic E-state index is 0.0132. The Morgan fingerprint density at radius 1 is 1.22 bits per heavy atom. The van der Waals surface area contributed by atoms with Crippen molar-refractivity contribution in [3.8, 4) is 0 Å². The van der Waals surface area contributed by atoms with Gasteiger partial charge in [-0.1, -0.05) is 6.92 Å². The molecule has 0 aromatic heterocycles. The molecule has 3 nitrogen and oxygen atoms in total. The second-order valence-electron chi connectivity index (χ2n) is 6.61. The van der Waals surface area contributed by atoms with Gasteiger partial charge in [0, 0.05) is 31.8 Å². The molecule has 2 atom stereocenters. The summed E-state index contributed by atoms with van der Waals surface area (Å²) < 4.78 is 5.54. The summed E-state index contributed by atoms with van der Waals surface area (Å²) >= 11 is 0. The second-order valence-corrected chi connectivity index (χ2v) is 6.61. The zero-order chi connectivity index (χ0) is 13.2. The molecule has 0 aromatic carbocycles. The van der Waals surface area contributed by atoms with Crippen LogP contribution in [-0.4, -0.2) is 48.8 Å². The Kier molecular flexibility index (Phi) is 4.68. The Morgan fingerprint density at radius 3 is 2.33 bits per heavy atom. The van der Waals surface area contributed by atoms with E-state index in [2.05, 4.69) is 31.0 Å². The van der Waals surface area contributed by atoms with Crippen molar-refractivity contribution in [1.82, 2.24) is 10.2 Å². The van der Waals surface area contributed by atoms with Crippen LogP contribution in [-0.2, 0) is 4.74 Å². The van der Waals surface area contributed by atoms with Crippen LogP contribution in [0.2, 0.25) is 0 Å². The van der Waals surface area contributed by atoms with Crippen LogP contribution in [0.5, 0.6) is 0 Å². The number of methoxy groups -OCH3 is 1. The van der Waals surface area contributed by atoms with Gasteiger partial charge in [-0.15, -0.1) is 0 Å². The number of ether oxygens (including phenoxy) is 1. The van der Waals surface area contributed by atoms with Crippen molar-refractivity contribution in [3.63, 3.8) is 0 Å². The topological polar surface area (TPSA) is 24.5 Å². The molecule has 0 amide bonds. The molecule has 2 fully saturated rings. The lowest BCUT2D eigenvalue weighted by Crippen LogP contribution is -2.49. The van der Waals surface area contributed by atoms with E-state index < -0.39 is 0 Å². The molecular weight excluding hydrogens is 224 g/mol. The van der Waals surface area contributed by atoms with Gasteiger partial charge in [0.25, 0.3) is 0 Å². The van der Waals surface area contributed by atoms with Crippen LogP contribution in [0.25, 0.3) is 0 Å². The van der Waals surface area contributed by atoms with Crippen molar-refractivity contribution in [2.45, 2.75) is 76.6 Å². The van der Waals surface area contributed by atoms with Crippen LogP contribution < -0.4 is 5.32 Å². The summed E-state index contributed by atoms with van der Waals surface area (Å²) in [5, 5.41) is 3.73. The first-order valence-corrected chi connectivity index (χ1v) is 7.59. The number of fused-ring (bicyclic) bond motifs is 2. The third kappa shape index (κ3) is 3.46. The highest BCUT2D eigenvalue weighted by molar-refractivity contribution is 4.95. The molecule has 18 heavy (non-hydrogen) atoms. The maximum Gasteiger partial charge on any atom is 0.0634 e. The first-order valence-electron chi connectivity index (χ1n) is 7.59. The number of nitrogens with one attached hydrogen (secondary N) is 1. The molecule has 0 saturated carbocycles. The Bertz CT molecular complexity index is 255. The predicted molar refractivity (Wildman–Crippen MR) is 75.9 cm³/mol. The van der Waals surface area contributed by atoms with E-state index in [0.29, 0.717) is 0 Å². The first kappa shape index (κ1) is 14.3. The Morgan fingerprint density at radius 2 is 1.83 bits per heavy atom. The highest BCUT2D eigenvalue weighted by atomic mass is 16.5. The quantitative estimate of drug-likeness (QED) is 0.788. The molecule has 2 rings (SSSR count). The van der Waals surface area contributed by atoms with Gasteiger partial charge >= 0.3 is 0 Å². The number of hydrogen-bond donors (Lipinski definition) is 1. The van der Waals surface area contributed by atoms with Gasteiger partial charge in [-0.05, 0) is 52.5 Å². The maximum absolute atomic E-state index is 5.54. The van der Waals surface area contributed by atoms with E-state index in [0.717, 1.165) is 24.5 Å². The minimum atomic E-state index is 0.0132. The molecule has 2 aliphatic heterocycles. The van der Waals surface area contributed by atoms with Gasteiger partial charge < -0.3 is 15.0 Å². The zero-order valence-corrected chi connectivity index (χ0v) is 12.5. The normalized spacial score (nSPS) is 32.2. The predicted octanol–water partition coefficient (Wildman–Crippen LogP) is 2.41. The van der Waals surface area contributed by atoms with Gasteiger partial charge in [-0.3, -0.25) is 0 Å². The molecule has 2 saturated heterocycles. The van der Waals surface area contributed by atoms with Crippen LogP contribution in [0, 0.1) is 0 Å². The van der Waals surface area contributed by atoms with E-state index in [9.17, 15) is 0 Å². The van der Waals surface area contributed by atoms with E-state index in [4.69, 9.17) is 4.74 Å². The average Bonchev–Trinajstić information content (AvgIpc) is 2.69. The smallest absolute Gasteiger partial charge is 0.0634 e. The molecule has 2 unspecified atom stereocenters.